The molecule has 2 amide bonds. The van der Waals surface area contributed by atoms with E-state index in [2.05, 4.69) is 10.6 Å². The maximum absolute atomic E-state index is 12.0. The molecular weight excluding hydrogens is 371 g/mol. The van der Waals surface area contributed by atoms with Gasteiger partial charge >= 0.3 is 0 Å². The summed E-state index contributed by atoms with van der Waals surface area (Å²) in [7, 11) is 0. The molecule has 7 nitrogen and oxygen atoms in total. The number of nitrogens with one attached hydrogen (secondary N) is 2. The fourth-order valence-electron chi connectivity index (χ4n) is 1.96. The molecule has 0 heterocycles. The Bertz CT molecular complexity index is 803. The Hall–Kier alpha value is -2.64. The number of halogens is 2. The number of phenolic OH excluding ortho intramolecular Hbond substituents is 3. The van der Waals surface area contributed by atoms with Crippen LogP contribution in [0.15, 0.2) is 30.3 Å². The highest BCUT2D eigenvalue weighted by Crippen LogP contribution is 2.35. The summed E-state index contributed by atoms with van der Waals surface area (Å²) < 4.78 is 0. The number of carbonyl (C=O) groups excluding carboxylic acids is 2. The highest BCUT2D eigenvalue weighted by Gasteiger charge is 2.14. The summed E-state index contributed by atoms with van der Waals surface area (Å²) in [5.74, 6) is -2.95. The second kappa shape index (κ2) is 7.96. The lowest BCUT2D eigenvalue weighted by molar-refractivity contribution is 0.0927. The van der Waals surface area contributed by atoms with Gasteiger partial charge in [0.25, 0.3) is 11.8 Å². The van der Waals surface area contributed by atoms with Crippen LogP contribution in [0.25, 0.3) is 0 Å². The van der Waals surface area contributed by atoms with E-state index in [4.69, 9.17) is 23.2 Å². The fraction of sp³-hybridized carbons (Fsp3) is 0.125. The third-order valence-corrected chi connectivity index (χ3v) is 3.75. The van der Waals surface area contributed by atoms with Crippen molar-refractivity contribution in [3.8, 4) is 17.2 Å². The van der Waals surface area contributed by atoms with Crippen LogP contribution in [-0.2, 0) is 0 Å². The van der Waals surface area contributed by atoms with Crippen LogP contribution >= 0.6 is 23.2 Å². The van der Waals surface area contributed by atoms with Gasteiger partial charge in [-0.05, 0) is 30.3 Å². The minimum atomic E-state index is -0.705. The van der Waals surface area contributed by atoms with E-state index < -0.39 is 29.1 Å². The van der Waals surface area contributed by atoms with E-state index in [0.717, 1.165) is 12.1 Å². The van der Waals surface area contributed by atoms with E-state index in [9.17, 15) is 24.9 Å². The Kier molecular flexibility index (Phi) is 5.95. The lowest BCUT2D eigenvalue weighted by Gasteiger charge is -2.09. The summed E-state index contributed by atoms with van der Waals surface area (Å²) in [5, 5.41) is 33.7. The molecular formula is C16H14Cl2N2O5. The third-order valence-electron chi connectivity index (χ3n) is 3.20. The zero-order valence-electron chi connectivity index (χ0n) is 12.7. The van der Waals surface area contributed by atoms with Crippen LogP contribution in [0.2, 0.25) is 10.0 Å². The normalized spacial score (nSPS) is 10.3. The molecule has 0 aliphatic heterocycles. The molecule has 25 heavy (non-hydrogen) atoms. The zero-order valence-corrected chi connectivity index (χ0v) is 14.2. The number of phenols is 3. The fourth-order valence-corrected chi connectivity index (χ4v) is 2.45. The highest BCUT2D eigenvalue weighted by molar-refractivity contribution is 6.36. The maximum Gasteiger partial charge on any atom is 0.252 e. The van der Waals surface area contributed by atoms with Gasteiger partial charge in [0, 0.05) is 23.7 Å². The van der Waals surface area contributed by atoms with Crippen molar-refractivity contribution in [3.63, 3.8) is 0 Å². The first-order chi connectivity index (χ1) is 11.8. The molecule has 0 saturated carbocycles. The van der Waals surface area contributed by atoms with Crippen molar-refractivity contribution in [1.29, 1.82) is 0 Å². The van der Waals surface area contributed by atoms with Gasteiger partial charge in [-0.1, -0.05) is 23.2 Å². The molecule has 9 heteroatoms. The Morgan fingerprint density at radius 3 is 2.00 bits per heavy atom. The first-order valence-corrected chi connectivity index (χ1v) is 7.81. The Balaban J connectivity index is 1.86. The van der Waals surface area contributed by atoms with E-state index in [1.165, 1.54) is 18.2 Å². The summed E-state index contributed by atoms with van der Waals surface area (Å²) in [5.41, 5.74) is 0.214. The number of carbonyl (C=O) groups is 2. The number of hydrogen-bond donors (Lipinski definition) is 5. The third kappa shape index (κ3) is 4.68. The van der Waals surface area contributed by atoms with Gasteiger partial charge < -0.3 is 26.0 Å². The molecule has 2 rings (SSSR count). The van der Waals surface area contributed by atoms with Crippen molar-refractivity contribution >= 4 is 35.0 Å². The van der Waals surface area contributed by atoms with Crippen LogP contribution in [-0.4, -0.2) is 40.2 Å². The first kappa shape index (κ1) is 18.7. The van der Waals surface area contributed by atoms with Crippen LogP contribution in [0.1, 0.15) is 20.7 Å². The molecule has 0 radical (unpaired) electrons. The smallest absolute Gasteiger partial charge is 0.252 e. The van der Waals surface area contributed by atoms with E-state index in [1.54, 1.807) is 0 Å². The standard InChI is InChI=1S/C16H14Cl2N2O5/c17-9-1-2-10(11(18)7-9)16(25)20-4-3-19-15(24)8-5-12(21)14(23)13(22)6-8/h1-2,5-7,21-23H,3-4H2,(H,19,24)(H,20,25). The Morgan fingerprint density at radius 1 is 0.880 bits per heavy atom. The molecule has 132 valence electrons. The average molecular weight is 385 g/mol. The minimum Gasteiger partial charge on any atom is -0.504 e. The number of aromatic hydroxyl groups is 3. The minimum absolute atomic E-state index is 0.0418. The Morgan fingerprint density at radius 2 is 1.44 bits per heavy atom. The average Bonchev–Trinajstić information content (AvgIpc) is 2.55. The summed E-state index contributed by atoms with van der Waals surface area (Å²) in [6, 6.07) is 6.49. The van der Waals surface area contributed by atoms with Crippen molar-refractivity contribution in [2.24, 2.45) is 0 Å². The molecule has 0 bridgehead atoms. The monoisotopic (exact) mass is 384 g/mol. The van der Waals surface area contributed by atoms with Gasteiger partial charge in [0.2, 0.25) is 0 Å². The number of rotatable bonds is 5. The molecule has 2 aromatic rings. The van der Waals surface area contributed by atoms with Crippen molar-refractivity contribution in [3.05, 3.63) is 51.5 Å². The predicted molar refractivity (Wildman–Crippen MR) is 92.6 cm³/mol. The highest BCUT2D eigenvalue weighted by atomic mass is 35.5. The lowest BCUT2D eigenvalue weighted by Crippen LogP contribution is -2.34. The van der Waals surface area contributed by atoms with Gasteiger partial charge in [0.05, 0.1) is 10.6 Å². The maximum atomic E-state index is 12.0. The van der Waals surface area contributed by atoms with Crippen LogP contribution in [0.4, 0.5) is 0 Å². The van der Waals surface area contributed by atoms with Gasteiger partial charge in [0.1, 0.15) is 0 Å². The molecule has 0 fully saturated rings. The van der Waals surface area contributed by atoms with Gasteiger partial charge in [-0.2, -0.15) is 0 Å². The van der Waals surface area contributed by atoms with Crippen LogP contribution in [0, 0.1) is 0 Å². The summed E-state index contributed by atoms with van der Waals surface area (Å²) in [4.78, 5) is 23.9. The van der Waals surface area contributed by atoms with Gasteiger partial charge in [-0.3, -0.25) is 9.59 Å². The second-order valence-electron chi connectivity index (χ2n) is 5.00. The molecule has 0 saturated heterocycles. The van der Waals surface area contributed by atoms with Crippen molar-refractivity contribution in [1.82, 2.24) is 10.6 Å². The molecule has 2 aromatic carbocycles. The van der Waals surface area contributed by atoms with Gasteiger partial charge in [-0.25, -0.2) is 0 Å². The number of amides is 2. The van der Waals surface area contributed by atoms with Crippen LogP contribution in [0.3, 0.4) is 0 Å². The summed E-state index contributed by atoms with van der Waals surface area (Å²) in [6.45, 7) is 0.220. The number of hydrogen-bond acceptors (Lipinski definition) is 5. The van der Waals surface area contributed by atoms with Crippen molar-refractivity contribution in [2.75, 3.05) is 13.1 Å². The van der Waals surface area contributed by atoms with E-state index >= 15 is 0 Å². The first-order valence-electron chi connectivity index (χ1n) is 7.06. The lowest BCUT2D eigenvalue weighted by atomic mass is 10.1. The summed E-state index contributed by atoms with van der Waals surface area (Å²) in [6.07, 6.45) is 0. The van der Waals surface area contributed by atoms with E-state index in [0.29, 0.717) is 5.02 Å². The second-order valence-corrected chi connectivity index (χ2v) is 5.84. The van der Waals surface area contributed by atoms with Crippen molar-refractivity contribution in [2.45, 2.75) is 0 Å². The van der Waals surface area contributed by atoms with Gasteiger partial charge in [0.15, 0.2) is 17.2 Å². The predicted octanol–water partition coefficient (Wildman–Crippen LogP) is 2.27. The molecule has 0 atom stereocenters. The molecule has 0 spiro atoms. The topological polar surface area (TPSA) is 119 Å². The number of benzene rings is 2. The molecule has 0 unspecified atom stereocenters. The largest absolute Gasteiger partial charge is 0.504 e. The van der Waals surface area contributed by atoms with Gasteiger partial charge in [-0.15, -0.1) is 0 Å². The van der Waals surface area contributed by atoms with E-state index in [1.807, 2.05) is 0 Å². The van der Waals surface area contributed by atoms with Crippen LogP contribution < -0.4 is 10.6 Å². The SMILES string of the molecule is O=C(NCCNC(=O)c1ccc(Cl)cc1Cl)c1cc(O)c(O)c(O)c1. The molecule has 0 aromatic heterocycles. The van der Waals surface area contributed by atoms with Crippen LogP contribution in [0.5, 0.6) is 17.2 Å². The van der Waals surface area contributed by atoms with E-state index in [-0.39, 0.29) is 29.2 Å². The zero-order chi connectivity index (χ0) is 18.6. The molecule has 0 aliphatic carbocycles. The Labute approximate surface area is 152 Å². The molecule has 0 aliphatic rings. The van der Waals surface area contributed by atoms with Crippen molar-refractivity contribution < 1.29 is 24.9 Å². The quantitative estimate of drug-likeness (QED) is 0.400. The summed E-state index contributed by atoms with van der Waals surface area (Å²) >= 11 is 11.7. The molecule has 5 N–H and O–H groups in total.